The van der Waals surface area contributed by atoms with Gasteiger partial charge in [0.05, 0.1) is 0 Å². The summed E-state index contributed by atoms with van der Waals surface area (Å²) in [5.41, 5.74) is 11.6. The molecule has 0 saturated carbocycles. The largest absolute Gasteiger partial charge is 0.328 e. The first kappa shape index (κ1) is 17.1. The molecule has 2 aromatic rings. The number of piperidine rings is 1. The highest BCUT2D eigenvalue weighted by atomic mass is 35.5. The highest BCUT2D eigenvalue weighted by Crippen LogP contribution is 2.58. The van der Waals surface area contributed by atoms with Gasteiger partial charge in [-0.15, -0.1) is 0 Å². The second-order valence-electron chi connectivity index (χ2n) is 8.15. The van der Waals surface area contributed by atoms with Crippen LogP contribution < -0.4 is 5.73 Å². The van der Waals surface area contributed by atoms with Crippen molar-refractivity contribution in [1.82, 2.24) is 4.90 Å². The number of nitrogens with two attached hydrogens (primary N) is 1. The SMILES string of the molecule is NC1CCN(CC2CC3c4cccc(Cl)c4C2c2cccc(Cl)c23)CC1. The predicted octanol–water partition coefficient (Wildman–Crippen LogP) is 5.01. The van der Waals surface area contributed by atoms with Crippen molar-refractivity contribution in [2.24, 2.45) is 11.7 Å². The minimum atomic E-state index is 0.355. The zero-order chi connectivity index (χ0) is 17.8. The van der Waals surface area contributed by atoms with E-state index >= 15 is 0 Å². The Hall–Kier alpha value is -1.06. The average Bonchev–Trinajstić information content (AvgIpc) is 2.64. The Morgan fingerprint density at radius 2 is 1.58 bits per heavy atom. The van der Waals surface area contributed by atoms with Crippen molar-refractivity contribution < 1.29 is 0 Å². The van der Waals surface area contributed by atoms with Gasteiger partial charge in [0.25, 0.3) is 0 Å². The van der Waals surface area contributed by atoms with Crippen LogP contribution >= 0.6 is 23.2 Å². The highest BCUT2D eigenvalue weighted by Gasteiger charge is 2.45. The van der Waals surface area contributed by atoms with Crippen molar-refractivity contribution in [3.8, 4) is 0 Å². The number of likely N-dealkylation sites (tertiary alicyclic amines) is 1. The molecule has 4 aliphatic rings. The summed E-state index contributed by atoms with van der Waals surface area (Å²) in [5, 5.41) is 1.82. The molecule has 2 bridgehead atoms. The van der Waals surface area contributed by atoms with Crippen molar-refractivity contribution in [1.29, 1.82) is 0 Å². The van der Waals surface area contributed by atoms with Gasteiger partial charge in [-0.25, -0.2) is 0 Å². The number of halogens is 2. The van der Waals surface area contributed by atoms with E-state index in [9.17, 15) is 0 Å². The molecule has 0 aromatic heterocycles. The van der Waals surface area contributed by atoms with Crippen LogP contribution in [0, 0.1) is 5.92 Å². The van der Waals surface area contributed by atoms with Gasteiger partial charge >= 0.3 is 0 Å². The minimum Gasteiger partial charge on any atom is -0.328 e. The van der Waals surface area contributed by atoms with Crippen LogP contribution in [0.4, 0.5) is 0 Å². The topological polar surface area (TPSA) is 29.3 Å². The molecule has 1 fully saturated rings. The first-order valence-electron chi connectivity index (χ1n) is 9.68. The number of fused-ring (bicyclic) bond motifs is 1. The Morgan fingerprint density at radius 1 is 0.923 bits per heavy atom. The summed E-state index contributed by atoms with van der Waals surface area (Å²) in [6.07, 6.45) is 3.39. The number of hydrogen-bond donors (Lipinski definition) is 1. The van der Waals surface area contributed by atoms with Gasteiger partial charge in [-0.05, 0) is 72.7 Å². The molecule has 2 N–H and O–H groups in total. The summed E-state index contributed by atoms with van der Waals surface area (Å²) in [5.74, 6) is 1.31. The molecule has 2 aromatic carbocycles. The lowest BCUT2D eigenvalue weighted by atomic mass is 9.59. The number of nitrogens with zero attached hydrogens (tertiary/aromatic N) is 1. The van der Waals surface area contributed by atoms with E-state index in [1.54, 1.807) is 0 Å². The van der Waals surface area contributed by atoms with E-state index in [0.717, 1.165) is 48.9 Å². The van der Waals surface area contributed by atoms with Gasteiger partial charge in [0.1, 0.15) is 0 Å². The Balaban J connectivity index is 1.55. The zero-order valence-electron chi connectivity index (χ0n) is 14.8. The zero-order valence-corrected chi connectivity index (χ0v) is 16.3. The number of hydrogen-bond acceptors (Lipinski definition) is 2. The maximum atomic E-state index is 6.71. The van der Waals surface area contributed by atoms with Crippen LogP contribution in [-0.2, 0) is 0 Å². The molecular formula is C22H24Cl2N2. The molecule has 4 heteroatoms. The van der Waals surface area contributed by atoms with E-state index in [1.807, 2.05) is 12.1 Å². The van der Waals surface area contributed by atoms with E-state index in [2.05, 4.69) is 29.2 Å². The fraction of sp³-hybridized carbons (Fsp3) is 0.455. The first-order chi connectivity index (χ1) is 12.6. The fourth-order valence-electron chi connectivity index (χ4n) is 5.51. The van der Waals surface area contributed by atoms with Crippen molar-refractivity contribution >= 4 is 23.2 Å². The number of rotatable bonds is 2. The molecule has 136 valence electrons. The summed E-state index contributed by atoms with van der Waals surface area (Å²) in [7, 11) is 0. The fourth-order valence-corrected chi connectivity index (χ4v) is 6.12. The summed E-state index contributed by atoms with van der Waals surface area (Å²) in [6, 6.07) is 13.2. The molecule has 0 spiro atoms. The minimum absolute atomic E-state index is 0.355. The van der Waals surface area contributed by atoms with Crippen LogP contribution in [0.15, 0.2) is 36.4 Å². The number of benzene rings is 2. The van der Waals surface area contributed by atoms with Crippen LogP contribution in [0.1, 0.15) is 53.4 Å². The maximum absolute atomic E-state index is 6.71. The van der Waals surface area contributed by atoms with Gasteiger partial charge in [0, 0.05) is 34.5 Å². The molecular weight excluding hydrogens is 363 g/mol. The molecule has 0 amide bonds. The van der Waals surface area contributed by atoms with Crippen molar-refractivity contribution in [2.75, 3.05) is 19.6 Å². The van der Waals surface area contributed by atoms with Crippen LogP contribution in [0.25, 0.3) is 0 Å². The van der Waals surface area contributed by atoms with Gasteiger partial charge in [-0.1, -0.05) is 47.5 Å². The smallest absolute Gasteiger partial charge is 0.0447 e. The molecule has 3 atom stereocenters. The standard InChI is InChI=1S/C22H24Cl2N2/c23-18-5-2-4-16-20-13(12-26-9-7-14(25)8-10-26)11-17(21(16)18)15-3-1-6-19(24)22(15)20/h1-6,13-14,17,20H,7-12,25H2. The van der Waals surface area contributed by atoms with Gasteiger partial charge in [-0.3, -0.25) is 0 Å². The van der Waals surface area contributed by atoms with Crippen LogP contribution in [-0.4, -0.2) is 30.6 Å². The van der Waals surface area contributed by atoms with Gasteiger partial charge in [-0.2, -0.15) is 0 Å². The summed E-state index contributed by atoms with van der Waals surface area (Å²) >= 11 is 13.3. The Morgan fingerprint density at radius 3 is 2.31 bits per heavy atom. The Kier molecular flexibility index (Phi) is 4.28. The molecule has 1 saturated heterocycles. The quantitative estimate of drug-likeness (QED) is 0.785. The summed E-state index contributed by atoms with van der Waals surface area (Å²) in [4.78, 5) is 2.61. The third kappa shape index (κ3) is 2.62. The van der Waals surface area contributed by atoms with Crippen LogP contribution in [0.2, 0.25) is 10.0 Å². The molecule has 6 rings (SSSR count). The molecule has 0 radical (unpaired) electrons. The lowest BCUT2D eigenvalue weighted by Gasteiger charge is -2.48. The van der Waals surface area contributed by atoms with E-state index in [0.29, 0.717) is 23.8 Å². The lowest BCUT2D eigenvalue weighted by molar-refractivity contribution is 0.162. The van der Waals surface area contributed by atoms with Crippen LogP contribution in [0.3, 0.4) is 0 Å². The highest BCUT2D eigenvalue weighted by molar-refractivity contribution is 6.32. The molecule has 1 heterocycles. The van der Waals surface area contributed by atoms with Gasteiger partial charge in [0.2, 0.25) is 0 Å². The van der Waals surface area contributed by atoms with E-state index in [4.69, 9.17) is 28.9 Å². The molecule has 3 unspecified atom stereocenters. The second kappa shape index (κ2) is 6.53. The van der Waals surface area contributed by atoms with Gasteiger partial charge < -0.3 is 10.6 Å². The Bertz CT molecular complexity index is 842. The van der Waals surface area contributed by atoms with Crippen LogP contribution in [0.5, 0.6) is 0 Å². The predicted molar refractivity (Wildman–Crippen MR) is 108 cm³/mol. The monoisotopic (exact) mass is 386 g/mol. The summed E-state index contributed by atoms with van der Waals surface area (Å²) in [6.45, 7) is 3.37. The summed E-state index contributed by atoms with van der Waals surface area (Å²) < 4.78 is 0. The first-order valence-corrected chi connectivity index (χ1v) is 10.4. The lowest BCUT2D eigenvalue weighted by Crippen LogP contribution is -2.45. The Labute approximate surface area is 165 Å². The third-order valence-electron chi connectivity index (χ3n) is 6.68. The van der Waals surface area contributed by atoms with Crippen molar-refractivity contribution in [3.05, 3.63) is 68.7 Å². The maximum Gasteiger partial charge on any atom is 0.0447 e. The van der Waals surface area contributed by atoms with Crippen molar-refractivity contribution in [3.63, 3.8) is 0 Å². The molecule has 3 aliphatic carbocycles. The average molecular weight is 387 g/mol. The second-order valence-corrected chi connectivity index (χ2v) is 8.96. The van der Waals surface area contributed by atoms with E-state index in [-0.39, 0.29) is 0 Å². The van der Waals surface area contributed by atoms with E-state index in [1.165, 1.54) is 22.3 Å². The normalized spacial score (nSPS) is 28.0. The third-order valence-corrected chi connectivity index (χ3v) is 7.34. The van der Waals surface area contributed by atoms with Gasteiger partial charge in [0.15, 0.2) is 0 Å². The van der Waals surface area contributed by atoms with E-state index < -0.39 is 0 Å². The molecule has 26 heavy (non-hydrogen) atoms. The molecule has 1 aliphatic heterocycles. The van der Waals surface area contributed by atoms with Crippen molar-refractivity contribution in [2.45, 2.75) is 37.1 Å². The molecule has 2 nitrogen and oxygen atoms in total.